The van der Waals surface area contributed by atoms with Crippen LogP contribution in [-0.2, 0) is 0 Å². The molecule has 1 aliphatic heterocycles. The van der Waals surface area contributed by atoms with Gasteiger partial charge in [0.2, 0.25) is 0 Å². The Morgan fingerprint density at radius 3 is 2.69 bits per heavy atom. The van der Waals surface area contributed by atoms with Gasteiger partial charge in [-0.2, -0.15) is 0 Å². The number of ether oxygens (including phenoxy) is 2. The summed E-state index contributed by atoms with van der Waals surface area (Å²) < 4.78 is 27.0. The van der Waals surface area contributed by atoms with Crippen LogP contribution in [0.1, 0.15) is 24.6 Å². The van der Waals surface area contributed by atoms with Crippen LogP contribution in [0, 0.1) is 5.82 Å². The fraction of sp³-hybridized carbons (Fsp3) is 0.259. The van der Waals surface area contributed by atoms with Crippen LogP contribution in [0.2, 0.25) is 0 Å². The van der Waals surface area contributed by atoms with Crippen LogP contribution < -0.4 is 14.8 Å². The molecule has 2 aromatic carbocycles. The zero-order valence-corrected chi connectivity index (χ0v) is 19.7. The number of hydrogen-bond acceptors (Lipinski definition) is 4. The quantitative estimate of drug-likeness (QED) is 0.411. The van der Waals surface area contributed by atoms with Crippen LogP contribution >= 0.6 is 0 Å². The normalized spacial score (nSPS) is 15.7. The number of nitrogens with one attached hydrogen (secondary N) is 1. The molecule has 2 aromatic heterocycles. The molecule has 3 heterocycles. The van der Waals surface area contributed by atoms with E-state index in [1.54, 1.807) is 37.3 Å². The third kappa shape index (κ3) is 4.51. The van der Waals surface area contributed by atoms with Gasteiger partial charge in [0.05, 0.1) is 37.3 Å². The minimum absolute atomic E-state index is 0.00841. The van der Waals surface area contributed by atoms with Gasteiger partial charge in [0, 0.05) is 24.6 Å². The van der Waals surface area contributed by atoms with Crippen molar-refractivity contribution in [3.8, 4) is 22.8 Å². The van der Waals surface area contributed by atoms with Crippen molar-refractivity contribution in [3.63, 3.8) is 0 Å². The second-order valence-corrected chi connectivity index (χ2v) is 8.57. The number of amides is 2. The van der Waals surface area contributed by atoms with Gasteiger partial charge in [-0.3, -0.25) is 4.40 Å². The molecule has 7 nitrogen and oxygen atoms in total. The third-order valence-electron chi connectivity index (χ3n) is 6.41. The summed E-state index contributed by atoms with van der Waals surface area (Å²) in [6.45, 7) is 1.08. The number of urea groups is 1. The van der Waals surface area contributed by atoms with Crippen LogP contribution in [0.25, 0.3) is 16.8 Å². The van der Waals surface area contributed by atoms with Gasteiger partial charge in [-0.05, 0) is 49.2 Å². The number of nitrogens with zero attached hydrogens (tertiary/aromatic N) is 3. The zero-order valence-electron chi connectivity index (χ0n) is 19.7. The van der Waals surface area contributed by atoms with Gasteiger partial charge in [0.1, 0.15) is 23.1 Å². The van der Waals surface area contributed by atoms with Crippen LogP contribution in [-0.4, -0.2) is 47.6 Å². The van der Waals surface area contributed by atoms with E-state index < -0.39 is 5.82 Å². The average molecular weight is 475 g/mol. The number of likely N-dealkylation sites (tertiary alicyclic amines) is 1. The van der Waals surface area contributed by atoms with Crippen molar-refractivity contribution in [2.75, 3.05) is 32.6 Å². The van der Waals surface area contributed by atoms with Crippen LogP contribution in [0.3, 0.4) is 0 Å². The van der Waals surface area contributed by atoms with Crippen molar-refractivity contribution in [2.24, 2.45) is 0 Å². The van der Waals surface area contributed by atoms with E-state index in [9.17, 15) is 9.18 Å². The number of anilines is 1. The summed E-state index contributed by atoms with van der Waals surface area (Å²) in [5.41, 5.74) is 2.91. The summed E-state index contributed by atoms with van der Waals surface area (Å²) in [4.78, 5) is 19.7. The molecular formula is C27H27FN4O3. The lowest BCUT2D eigenvalue weighted by Gasteiger charge is -2.32. The molecule has 0 radical (unpaired) electrons. The van der Waals surface area contributed by atoms with Gasteiger partial charge in [0.25, 0.3) is 0 Å². The van der Waals surface area contributed by atoms with E-state index in [4.69, 9.17) is 14.5 Å². The molecule has 8 heteroatoms. The molecule has 0 bridgehead atoms. The highest BCUT2D eigenvalue weighted by Crippen LogP contribution is 2.34. The minimum Gasteiger partial charge on any atom is -0.497 e. The number of carbonyl (C=O) groups is 1. The summed E-state index contributed by atoms with van der Waals surface area (Å²) in [6.07, 6.45) is 3.64. The molecule has 180 valence electrons. The number of hydrogen-bond donors (Lipinski definition) is 1. The summed E-state index contributed by atoms with van der Waals surface area (Å²) in [7, 11) is 3.28. The zero-order chi connectivity index (χ0) is 24.4. The molecule has 2 amide bonds. The molecule has 1 N–H and O–H groups in total. The molecule has 35 heavy (non-hydrogen) atoms. The fourth-order valence-corrected chi connectivity index (χ4v) is 4.61. The van der Waals surface area contributed by atoms with E-state index in [2.05, 4.69) is 9.72 Å². The maximum absolute atomic E-state index is 14.1. The average Bonchev–Trinajstić information content (AvgIpc) is 3.29. The first-order valence-electron chi connectivity index (χ1n) is 11.6. The lowest BCUT2D eigenvalue weighted by Crippen LogP contribution is -2.42. The first kappa shape index (κ1) is 22.7. The Morgan fingerprint density at radius 1 is 1.06 bits per heavy atom. The number of para-hydroxylation sites is 1. The van der Waals surface area contributed by atoms with Crippen molar-refractivity contribution in [1.29, 1.82) is 0 Å². The Labute approximate surface area is 203 Å². The number of fused-ring (bicyclic) bond motifs is 1. The number of methoxy groups -OCH3 is 2. The number of aromatic nitrogens is 2. The Hall–Kier alpha value is -4.07. The SMILES string of the molecule is COc1cccc(-c2nc(C3CCCN(C(=O)Nc4ccccc4F)C3)n3cc(OC)ccc23)c1. The molecule has 4 aromatic rings. The predicted molar refractivity (Wildman–Crippen MR) is 133 cm³/mol. The Morgan fingerprint density at radius 2 is 1.89 bits per heavy atom. The van der Waals surface area contributed by atoms with E-state index >= 15 is 0 Å². The lowest BCUT2D eigenvalue weighted by atomic mass is 9.97. The number of benzene rings is 2. The summed E-state index contributed by atoms with van der Waals surface area (Å²) in [5, 5.41) is 2.70. The van der Waals surface area contributed by atoms with Crippen LogP contribution in [0.15, 0.2) is 66.9 Å². The van der Waals surface area contributed by atoms with E-state index in [-0.39, 0.29) is 17.6 Å². The van der Waals surface area contributed by atoms with Gasteiger partial charge in [-0.25, -0.2) is 14.2 Å². The Balaban J connectivity index is 1.48. The topological polar surface area (TPSA) is 68.1 Å². The first-order chi connectivity index (χ1) is 17.1. The van der Waals surface area contributed by atoms with Gasteiger partial charge < -0.3 is 19.7 Å². The predicted octanol–water partition coefficient (Wildman–Crippen LogP) is 5.57. The molecule has 1 saturated heterocycles. The summed E-state index contributed by atoms with van der Waals surface area (Å²) in [6, 6.07) is 17.6. The van der Waals surface area contributed by atoms with E-state index in [1.807, 2.05) is 42.6 Å². The fourth-order valence-electron chi connectivity index (χ4n) is 4.61. The number of piperidine rings is 1. The van der Waals surface area contributed by atoms with Gasteiger partial charge in [-0.1, -0.05) is 24.3 Å². The van der Waals surface area contributed by atoms with E-state index in [1.165, 1.54) is 6.07 Å². The molecular weight excluding hydrogens is 447 g/mol. The Bertz CT molecular complexity index is 1370. The molecule has 1 fully saturated rings. The number of pyridine rings is 1. The number of rotatable bonds is 5. The highest BCUT2D eigenvalue weighted by atomic mass is 19.1. The van der Waals surface area contributed by atoms with Crippen molar-refractivity contribution in [3.05, 3.63) is 78.5 Å². The molecule has 0 spiro atoms. The number of imidazole rings is 1. The molecule has 1 unspecified atom stereocenters. The van der Waals surface area contributed by atoms with Gasteiger partial charge in [0.15, 0.2) is 0 Å². The highest BCUT2D eigenvalue weighted by Gasteiger charge is 2.29. The van der Waals surface area contributed by atoms with Crippen molar-refractivity contribution < 1.29 is 18.7 Å². The summed E-state index contributed by atoms with van der Waals surface area (Å²) in [5.74, 6) is 1.89. The maximum atomic E-state index is 14.1. The largest absolute Gasteiger partial charge is 0.497 e. The molecule has 0 saturated carbocycles. The van der Waals surface area contributed by atoms with Crippen LogP contribution in [0.4, 0.5) is 14.9 Å². The Kier molecular flexibility index (Phi) is 6.27. The van der Waals surface area contributed by atoms with Gasteiger partial charge in [-0.15, -0.1) is 0 Å². The first-order valence-corrected chi connectivity index (χ1v) is 11.6. The third-order valence-corrected chi connectivity index (χ3v) is 6.41. The molecule has 0 aliphatic carbocycles. The van der Waals surface area contributed by atoms with E-state index in [0.717, 1.165) is 46.9 Å². The number of carbonyl (C=O) groups excluding carboxylic acids is 1. The highest BCUT2D eigenvalue weighted by molar-refractivity contribution is 5.89. The molecule has 1 aliphatic rings. The van der Waals surface area contributed by atoms with Gasteiger partial charge >= 0.3 is 6.03 Å². The maximum Gasteiger partial charge on any atom is 0.321 e. The minimum atomic E-state index is -0.455. The van der Waals surface area contributed by atoms with Crippen molar-refractivity contribution >= 4 is 17.2 Å². The standard InChI is InChI=1S/C27H27FN4O3/c1-34-20-9-5-7-18(15-20)25-24-13-12-21(35-2)17-32(24)26(30-25)19-8-6-14-31(16-19)27(33)29-23-11-4-3-10-22(23)28/h3-5,7,9-13,15,17,19H,6,8,14,16H2,1-2H3,(H,29,33). The lowest BCUT2D eigenvalue weighted by molar-refractivity contribution is 0.191. The van der Waals surface area contributed by atoms with Crippen molar-refractivity contribution in [2.45, 2.75) is 18.8 Å². The second kappa shape index (κ2) is 9.66. The van der Waals surface area contributed by atoms with Crippen molar-refractivity contribution in [1.82, 2.24) is 14.3 Å². The smallest absolute Gasteiger partial charge is 0.321 e. The number of halogens is 1. The molecule has 1 atom stereocenters. The monoisotopic (exact) mass is 474 g/mol. The van der Waals surface area contributed by atoms with Crippen LogP contribution in [0.5, 0.6) is 11.5 Å². The second-order valence-electron chi connectivity index (χ2n) is 8.57. The van der Waals surface area contributed by atoms with E-state index in [0.29, 0.717) is 13.1 Å². The summed E-state index contributed by atoms with van der Waals surface area (Å²) >= 11 is 0. The molecule has 5 rings (SSSR count).